The molecule has 0 saturated carbocycles. The van der Waals surface area contributed by atoms with E-state index in [1.54, 1.807) is 30.8 Å². The van der Waals surface area contributed by atoms with Gasteiger partial charge in [0, 0.05) is 12.4 Å². The van der Waals surface area contributed by atoms with Crippen molar-refractivity contribution in [1.82, 2.24) is 10.4 Å². The van der Waals surface area contributed by atoms with Crippen LogP contribution in [0.3, 0.4) is 0 Å². The minimum Gasteiger partial charge on any atom is -0.496 e. The largest absolute Gasteiger partial charge is 0.496 e. The number of pyridine rings is 1. The molecular formula is C12H15N3OS. The molecule has 0 spiro atoms. The number of hydrogen-bond donors (Lipinski definition) is 2. The summed E-state index contributed by atoms with van der Waals surface area (Å²) in [6, 6.07) is 6.00. The van der Waals surface area contributed by atoms with Crippen molar-refractivity contribution in [2.75, 3.05) is 7.11 Å². The van der Waals surface area contributed by atoms with Gasteiger partial charge in [-0.3, -0.25) is 16.3 Å². The topological polar surface area (TPSA) is 60.2 Å². The second-order valence-electron chi connectivity index (χ2n) is 3.63. The number of nitrogens with zero attached hydrogens (tertiary/aromatic N) is 1. The quantitative estimate of drug-likeness (QED) is 0.627. The van der Waals surface area contributed by atoms with Gasteiger partial charge in [0.25, 0.3) is 0 Å². The summed E-state index contributed by atoms with van der Waals surface area (Å²) in [7, 11) is 1.67. The Morgan fingerprint density at radius 3 is 2.82 bits per heavy atom. The number of ether oxygens (including phenoxy) is 1. The SMILES string of the molecule is COc1ccsc1C(Cc1ccncc1)NN. The van der Waals surface area contributed by atoms with Crippen molar-refractivity contribution in [2.24, 2.45) is 5.84 Å². The van der Waals surface area contributed by atoms with Crippen LogP contribution in [0.5, 0.6) is 5.75 Å². The number of aromatic nitrogens is 1. The van der Waals surface area contributed by atoms with Crippen LogP contribution in [0.15, 0.2) is 36.0 Å². The molecule has 0 radical (unpaired) electrons. The highest BCUT2D eigenvalue weighted by Crippen LogP contribution is 2.32. The van der Waals surface area contributed by atoms with Gasteiger partial charge in [0.15, 0.2) is 0 Å². The number of nitrogens with two attached hydrogens (primary N) is 1. The summed E-state index contributed by atoms with van der Waals surface area (Å²) in [5.41, 5.74) is 4.03. The summed E-state index contributed by atoms with van der Waals surface area (Å²) in [6.07, 6.45) is 4.39. The van der Waals surface area contributed by atoms with Crippen LogP contribution in [0.25, 0.3) is 0 Å². The number of hydrazine groups is 1. The van der Waals surface area contributed by atoms with Crippen LogP contribution >= 0.6 is 11.3 Å². The molecule has 0 aliphatic carbocycles. The average molecular weight is 249 g/mol. The van der Waals surface area contributed by atoms with Gasteiger partial charge in [0.1, 0.15) is 5.75 Å². The van der Waals surface area contributed by atoms with Gasteiger partial charge in [-0.05, 0) is 35.6 Å². The Balaban J connectivity index is 2.17. The van der Waals surface area contributed by atoms with E-state index >= 15 is 0 Å². The van der Waals surface area contributed by atoms with Gasteiger partial charge < -0.3 is 4.74 Å². The number of hydrogen-bond acceptors (Lipinski definition) is 5. The molecule has 1 unspecified atom stereocenters. The highest BCUT2D eigenvalue weighted by Gasteiger charge is 2.16. The van der Waals surface area contributed by atoms with Crippen LogP contribution in [-0.4, -0.2) is 12.1 Å². The van der Waals surface area contributed by atoms with Crippen molar-refractivity contribution >= 4 is 11.3 Å². The average Bonchev–Trinajstić information content (AvgIpc) is 2.85. The van der Waals surface area contributed by atoms with E-state index in [2.05, 4.69) is 10.4 Å². The van der Waals surface area contributed by atoms with Crippen LogP contribution in [0.1, 0.15) is 16.5 Å². The van der Waals surface area contributed by atoms with Crippen molar-refractivity contribution in [3.05, 3.63) is 46.4 Å². The van der Waals surface area contributed by atoms with Gasteiger partial charge in [-0.2, -0.15) is 0 Å². The van der Waals surface area contributed by atoms with E-state index in [4.69, 9.17) is 10.6 Å². The molecule has 1 atom stereocenters. The van der Waals surface area contributed by atoms with Crippen molar-refractivity contribution in [2.45, 2.75) is 12.5 Å². The molecule has 0 amide bonds. The summed E-state index contributed by atoms with van der Waals surface area (Å²) in [6.45, 7) is 0. The first-order chi connectivity index (χ1) is 8.35. The number of thiophene rings is 1. The molecule has 2 aromatic rings. The maximum Gasteiger partial charge on any atom is 0.134 e. The fraction of sp³-hybridized carbons (Fsp3) is 0.250. The minimum atomic E-state index is 0.0624. The maximum atomic E-state index is 5.62. The molecule has 2 aromatic heterocycles. The minimum absolute atomic E-state index is 0.0624. The van der Waals surface area contributed by atoms with E-state index in [0.717, 1.165) is 17.0 Å². The fourth-order valence-electron chi connectivity index (χ4n) is 1.71. The zero-order valence-electron chi connectivity index (χ0n) is 9.59. The summed E-state index contributed by atoms with van der Waals surface area (Å²) in [5, 5.41) is 2.01. The van der Waals surface area contributed by atoms with E-state index in [-0.39, 0.29) is 6.04 Å². The highest BCUT2D eigenvalue weighted by molar-refractivity contribution is 7.10. The Labute approximate surface area is 104 Å². The maximum absolute atomic E-state index is 5.62. The number of nitrogens with one attached hydrogen (secondary N) is 1. The molecule has 0 aliphatic rings. The molecule has 4 nitrogen and oxygen atoms in total. The zero-order chi connectivity index (χ0) is 12.1. The van der Waals surface area contributed by atoms with E-state index in [1.165, 1.54) is 5.56 Å². The van der Waals surface area contributed by atoms with Gasteiger partial charge in [-0.15, -0.1) is 11.3 Å². The smallest absolute Gasteiger partial charge is 0.134 e. The monoisotopic (exact) mass is 249 g/mol. The third kappa shape index (κ3) is 2.82. The molecule has 0 aliphatic heterocycles. The van der Waals surface area contributed by atoms with E-state index < -0.39 is 0 Å². The summed E-state index contributed by atoms with van der Waals surface area (Å²) in [4.78, 5) is 5.12. The van der Waals surface area contributed by atoms with Gasteiger partial charge in [0.05, 0.1) is 18.0 Å². The molecule has 0 aromatic carbocycles. The van der Waals surface area contributed by atoms with E-state index in [1.807, 2.05) is 23.6 Å². The van der Waals surface area contributed by atoms with Crippen LogP contribution in [0.4, 0.5) is 0 Å². The predicted octanol–water partition coefficient (Wildman–Crippen LogP) is 1.90. The number of rotatable bonds is 5. The van der Waals surface area contributed by atoms with Gasteiger partial charge in [-0.1, -0.05) is 0 Å². The molecule has 0 bridgehead atoms. The van der Waals surface area contributed by atoms with Crippen molar-refractivity contribution < 1.29 is 4.74 Å². The molecule has 0 fully saturated rings. The number of methoxy groups -OCH3 is 1. The Morgan fingerprint density at radius 1 is 1.41 bits per heavy atom. The second-order valence-corrected chi connectivity index (χ2v) is 4.58. The summed E-state index contributed by atoms with van der Waals surface area (Å²) < 4.78 is 5.31. The van der Waals surface area contributed by atoms with Gasteiger partial charge in [-0.25, -0.2) is 0 Å². The lowest BCUT2D eigenvalue weighted by molar-refractivity contribution is 0.403. The predicted molar refractivity (Wildman–Crippen MR) is 68.9 cm³/mol. The highest BCUT2D eigenvalue weighted by atomic mass is 32.1. The first-order valence-corrected chi connectivity index (χ1v) is 6.19. The van der Waals surface area contributed by atoms with Crippen molar-refractivity contribution in [3.63, 3.8) is 0 Å². The second kappa shape index (κ2) is 5.77. The Kier molecular flexibility index (Phi) is 4.08. The normalized spacial score (nSPS) is 12.4. The summed E-state index contributed by atoms with van der Waals surface area (Å²) in [5.74, 6) is 6.50. The molecule has 0 saturated heterocycles. The lowest BCUT2D eigenvalue weighted by atomic mass is 10.1. The molecule has 2 rings (SSSR count). The molecule has 5 heteroatoms. The van der Waals surface area contributed by atoms with Crippen LogP contribution in [0, 0.1) is 0 Å². The van der Waals surface area contributed by atoms with Crippen LogP contribution in [0.2, 0.25) is 0 Å². The Morgan fingerprint density at radius 2 is 2.18 bits per heavy atom. The fourth-order valence-corrected chi connectivity index (χ4v) is 2.64. The lowest BCUT2D eigenvalue weighted by Crippen LogP contribution is -2.29. The van der Waals surface area contributed by atoms with Gasteiger partial charge in [0.2, 0.25) is 0 Å². The summed E-state index contributed by atoms with van der Waals surface area (Å²) >= 11 is 1.64. The zero-order valence-corrected chi connectivity index (χ0v) is 10.4. The van der Waals surface area contributed by atoms with Crippen LogP contribution < -0.4 is 16.0 Å². The molecule has 2 heterocycles. The first-order valence-electron chi connectivity index (χ1n) is 5.31. The Bertz CT molecular complexity index is 458. The van der Waals surface area contributed by atoms with E-state index in [0.29, 0.717) is 0 Å². The molecular weight excluding hydrogens is 234 g/mol. The lowest BCUT2D eigenvalue weighted by Gasteiger charge is -2.15. The molecule has 90 valence electrons. The van der Waals surface area contributed by atoms with Gasteiger partial charge >= 0.3 is 0 Å². The standard InChI is InChI=1S/C12H15N3OS/c1-16-11-4-7-17-12(11)10(15-13)8-9-2-5-14-6-3-9/h2-7,10,15H,8,13H2,1H3. The molecule has 3 N–H and O–H groups in total. The third-order valence-corrected chi connectivity index (χ3v) is 3.60. The van der Waals surface area contributed by atoms with Crippen LogP contribution in [-0.2, 0) is 6.42 Å². The Hall–Kier alpha value is -1.43. The first kappa shape index (κ1) is 12.0. The van der Waals surface area contributed by atoms with Crippen molar-refractivity contribution in [1.29, 1.82) is 0 Å². The van der Waals surface area contributed by atoms with E-state index in [9.17, 15) is 0 Å². The molecule has 17 heavy (non-hydrogen) atoms. The third-order valence-electron chi connectivity index (χ3n) is 2.58. The van der Waals surface area contributed by atoms with Crippen molar-refractivity contribution in [3.8, 4) is 5.75 Å².